The van der Waals surface area contributed by atoms with Crippen molar-refractivity contribution in [3.8, 4) is 0 Å². The van der Waals surface area contributed by atoms with Crippen molar-refractivity contribution in [1.29, 1.82) is 0 Å². The van der Waals surface area contributed by atoms with E-state index in [9.17, 15) is 4.39 Å². The fourth-order valence-corrected chi connectivity index (χ4v) is 1.12. The van der Waals surface area contributed by atoms with Gasteiger partial charge in [-0.1, -0.05) is 23.2 Å². The maximum atomic E-state index is 12.4. The van der Waals surface area contributed by atoms with Gasteiger partial charge in [-0.15, -0.1) is 0 Å². The molecular formula is C6H5Cl2F. The van der Waals surface area contributed by atoms with Gasteiger partial charge < -0.3 is 0 Å². The minimum absolute atomic E-state index is 0.145. The van der Waals surface area contributed by atoms with E-state index in [4.69, 9.17) is 23.2 Å². The summed E-state index contributed by atoms with van der Waals surface area (Å²) in [4.78, 5) is 0. The van der Waals surface area contributed by atoms with E-state index >= 15 is 0 Å². The first-order valence-corrected chi connectivity index (χ1v) is 3.36. The maximum absolute atomic E-state index is 12.4. The molecule has 0 bridgehead atoms. The van der Waals surface area contributed by atoms with E-state index in [0.717, 1.165) is 0 Å². The molecular weight excluding hydrogens is 162 g/mol. The van der Waals surface area contributed by atoms with E-state index in [1.54, 1.807) is 0 Å². The predicted molar refractivity (Wildman–Crippen MR) is 37.2 cm³/mol. The molecule has 0 aromatic heterocycles. The standard InChI is InChI=1S/C6H5Cl2F/c7-4-1-2-6(9)5(8)3-4/h3H,1-2H2. The average molecular weight is 167 g/mol. The molecule has 0 atom stereocenters. The molecule has 0 heterocycles. The minimum Gasteiger partial charge on any atom is -0.210 e. The lowest BCUT2D eigenvalue weighted by molar-refractivity contribution is 0.583. The molecule has 1 rings (SSSR count). The molecule has 50 valence electrons. The zero-order valence-corrected chi connectivity index (χ0v) is 6.14. The third-order valence-electron chi connectivity index (χ3n) is 1.13. The normalized spacial score (nSPS) is 20.1. The predicted octanol–water partition coefficient (Wildman–Crippen LogP) is 3.32. The van der Waals surface area contributed by atoms with Gasteiger partial charge in [0.25, 0.3) is 0 Å². The Morgan fingerprint density at radius 3 is 2.44 bits per heavy atom. The molecule has 0 saturated carbocycles. The summed E-state index contributed by atoms with van der Waals surface area (Å²) in [6.45, 7) is 0. The van der Waals surface area contributed by atoms with Crippen molar-refractivity contribution < 1.29 is 4.39 Å². The highest BCUT2D eigenvalue weighted by Gasteiger charge is 2.08. The highest BCUT2D eigenvalue weighted by molar-refractivity contribution is 6.35. The van der Waals surface area contributed by atoms with Crippen LogP contribution >= 0.6 is 23.2 Å². The summed E-state index contributed by atoms with van der Waals surface area (Å²) in [6.07, 6.45) is 2.36. The van der Waals surface area contributed by atoms with Crippen LogP contribution in [0.15, 0.2) is 22.0 Å². The molecule has 0 radical (unpaired) electrons. The minimum atomic E-state index is -0.263. The Hall–Kier alpha value is -0.0100. The van der Waals surface area contributed by atoms with Crippen molar-refractivity contribution in [2.75, 3.05) is 0 Å². The first-order valence-electron chi connectivity index (χ1n) is 2.60. The third kappa shape index (κ3) is 1.70. The van der Waals surface area contributed by atoms with Crippen molar-refractivity contribution in [3.63, 3.8) is 0 Å². The van der Waals surface area contributed by atoms with Crippen LogP contribution in [-0.4, -0.2) is 0 Å². The van der Waals surface area contributed by atoms with Gasteiger partial charge in [0.15, 0.2) is 0 Å². The van der Waals surface area contributed by atoms with Crippen molar-refractivity contribution >= 4 is 23.2 Å². The lowest BCUT2D eigenvalue weighted by Gasteiger charge is -2.04. The van der Waals surface area contributed by atoms with E-state index in [2.05, 4.69) is 0 Å². The van der Waals surface area contributed by atoms with E-state index in [1.165, 1.54) is 6.08 Å². The largest absolute Gasteiger partial charge is 0.210 e. The van der Waals surface area contributed by atoms with Crippen molar-refractivity contribution in [2.24, 2.45) is 0 Å². The Balaban J connectivity index is 2.83. The number of rotatable bonds is 0. The molecule has 0 amide bonds. The average Bonchev–Trinajstić information content (AvgIpc) is 1.80. The first-order chi connectivity index (χ1) is 4.20. The highest BCUT2D eigenvalue weighted by Crippen LogP contribution is 2.28. The molecule has 1 aliphatic rings. The molecule has 0 aromatic rings. The van der Waals surface area contributed by atoms with Crippen molar-refractivity contribution in [3.05, 3.63) is 22.0 Å². The van der Waals surface area contributed by atoms with Gasteiger partial charge >= 0.3 is 0 Å². The summed E-state index contributed by atoms with van der Waals surface area (Å²) in [7, 11) is 0. The Morgan fingerprint density at radius 2 is 2.00 bits per heavy atom. The van der Waals surface area contributed by atoms with Gasteiger partial charge in [0, 0.05) is 11.5 Å². The van der Waals surface area contributed by atoms with Gasteiger partial charge in [-0.2, -0.15) is 0 Å². The molecule has 9 heavy (non-hydrogen) atoms. The van der Waals surface area contributed by atoms with Gasteiger partial charge in [0.1, 0.15) is 5.83 Å². The van der Waals surface area contributed by atoms with Gasteiger partial charge in [0.05, 0.1) is 5.03 Å². The fourth-order valence-electron chi connectivity index (χ4n) is 0.637. The van der Waals surface area contributed by atoms with Crippen LogP contribution in [0.3, 0.4) is 0 Å². The summed E-state index contributed by atoms with van der Waals surface area (Å²) < 4.78 is 12.4. The lowest BCUT2D eigenvalue weighted by atomic mass is 10.2. The highest BCUT2D eigenvalue weighted by atomic mass is 35.5. The van der Waals surface area contributed by atoms with E-state index in [-0.39, 0.29) is 10.9 Å². The van der Waals surface area contributed by atoms with Crippen molar-refractivity contribution in [1.82, 2.24) is 0 Å². The topological polar surface area (TPSA) is 0 Å². The van der Waals surface area contributed by atoms with Crippen LogP contribution in [0.2, 0.25) is 0 Å². The number of hydrogen-bond acceptors (Lipinski definition) is 0. The number of hydrogen-bond donors (Lipinski definition) is 0. The maximum Gasteiger partial charge on any atom is 0.119 e. The van der Waals surface area contributed by atoms with Crippen LogP contribution in [0.5, 0.6) is 0 Å². The second-order valence-electron chi connectivity index (χ2n) is 1.84. The molecule has 3 heteroatoms. The molecule has 0 nitrogen and oxygen atoms in total. The molecule has 0 spiro atoms. The van der Waals surface area contributed by atoms with Gasteiger partial charge in [-0.3, -0.25) is 0 Å². The molecule has 0 N–H and O–H groups in total. The molecule has 0 aromatic carbocycles. The molecule has 0 unspecified atom stereocenters. The van der Waals surface area contributed by atoms with Gasteiger partial charge in [-0.25, -0.2) is 4.39 Å². The first kappa shape index (κ1) is 7.10. The monoisotopic (exact) mass is 166 g/mol. The van der Waals surface area contributed by atoms with Crippen LogP contribution in [-0.2, 0) is 0 Å². The zero-order chi connectivity index (χ0) is 6.85. The summed E-state index contributed by atoms with van der Waals surface area (Å²) in [6, 6.07) is 0. The van der Waals surface area contributed by atoms with E-state index in [1.807, 2.05) is 0 Å². The Morgan fingerprint density at radius 1 is 1.33 bits per heavy atom. The van der Waals surface area contributed by atoms with Crippen LogP contribution in [0, 0.1) is 0 Å². The molecule has 0 fully saturated rings. The van der Waals surface area contributed by atoms with E-state index in [0.29, 0.717) is 17.9 Å². The van der Waals surface area contributed by atoms with E-state index < -0.39 is 0 Å². The van der Waals surface area contributed by atoms with Crippen LogP contribution in [0.1, 0.15) is 12.8 Å². The fraction of sp³-hybridized carbons (Fsp3) is 0.333. The Labute approximate surface area is 63.0 Å². The molecule has 0 saturated heterocycles. The SMILES string of the molecule is FC1=C(Cl)C=C(Cl)CC1. The number of allylic oxidation sites excluding steroid dienone is 4. The summed E-state index contributed by atoms with van der Waals surface area (Å²) >= 11 is 11.0. The second kappa shape index (κ2) is 2.72. The van der Waals surface area contributed by atoms with Crippen LogP contribution < -0.4 is 0 Å². The smallest absolute Gasteiger partial charge is 0.119 e. The quantitative estimate of drug-likeness (QED) is 0.519. The number of halogens is 3. The Bertz CT molecular complexity index is 181. The second-order valence-corrected chi connectivity index (χ2v) is 2.74. The van der Waals surface area contributed by atoms with Crippen molar-refractivity contribution in [2.45, 2.75) is 12.8 Å². The molecule has 1 aliphatic carbocycles. The third-order valence-corrected chi connectivity index (χ3v) is 1.74. The summed E-state index contributed by atoms with van der Waals surface area (Å²) in [5, 5.41) is 0.771. The summed E-state index contributed by atoms with van der Waals surface area (Å²) in [5.74, 6) is -0.263. The van der Waals surface area contributed by atoms with Gasteiger partial charge in [-0.05, 0) is 12.5 Å². The van der Waals surface area contributed by atoms with Gasteiger partial charge in [0.2, 0.25) is 0 Å². The zero-order valence-electron chi connectivity index (χ0n) is 4.63. The molecule has 0 aliphatic heterocycles. The summed E-state index contributed by atoms with van der Waals surface area (Å²) in [5.41, 5.74) is 0. The van der Waals surface area contributed by atoms with Crippen LogP contribution in [0.25, 0.3) is 0 Å². The lowest BCUT2D eigenvalue weighted by Crippen LogP contribution is -1.87. The Kier molecular flexibility index (Phi) is 2.14. The van der Waals surface area contributed by atoms with Crippen LogP contribution in [0.4, 0.5) is 4.39 Å².